The van der Waals surface area contributed by atoms with E-state index in [4.69, 9.17) is 27.6 Å². The van der Waals surface area contributed by atoms with Gasteiger partial charge in [0, 0.05) is 147 Å². The lowest BCUT2D eigenvalue weighted by atomic mass is 10.1. The van der Waals surface area contributed by atoms with Crippen LogP contribution in [0.15, 0.2) is 266 Å². The van der Waals surface area contributed by atoms with Crippen molar-refractivity contribution in [2.75, 3.05) is 56.0 Å². The van der Waals surface area contributed by atoms with Crippen LogP contribution in [0.4, 0.5) is 86.0 Å². The van der Waals surface area contributed by atoms with Crippen molar-refractivity contribution in [2.24, 2.45) is 0 Å². The van der Waals surface area contributed by atoms with Crippen molar-refractivity contribution in [3.63, 3.8) is 0 Å². The topological polar surface area (TPSA) is 227 Å². The molecule has 15 aromatic heterocycles. The smallest absolute Gasteiger partial charge is 0.227 e. The van der Waals surface area contributed by atoms with E-state index in [9.17, 15) is 0 Å². The molecule has 25 heteroatoms. The van der Waals surface area contributed by atoms with Crippen LogP contribution in [-0.4, -0.2) is 112 Å². The Morgan fingerprint density at radius 2 is 0.444 bits per heavy atom. The molecule has 0 saturated carbocycles. The number of anilines is 15. The fraction of sp³-hybridized carbons (Fsp3) is 0.259. The standard InChI is InChI=1S/4C22H22N4O.C20H18N4O/c2*1-13(2)25-15(4)26(18-8-6-11-23-21(18)25)19-14(3)9-10-16-17-7-5-12-24-22(17)27-20(16)19;2*1-13(2)25-15(4)26(21-18(25)8-6-11-23-21)19-14(3)9-10-16-17-7-5-12-24-22(17)27-20(16)19;1-12-8-9-14-15-6-4-11-22-20(15)25-18(14)17(12)24-13(2)23(3)19-16(24)7-5-10-21-19/h4*5-13,15H,1-4H3;4-11,13H,1-3H3/i4*13D;. The Morgan fingerprint density at radius 1 is 0.233 bits per heavy atom. The van der Waals surface area contributed by atoms with Crippen molar-refractivity contribution in [1.82, 2.24) is 49.8 Å². The van der Waals surface area contributed by atoms with Crippen molar-refractivity contribution < 1.29 is 27.6 Å². The van der Waals surface area contributed by atoms with Gasteiger partial charge in [-0.1, -0.05) is 60.7 Å². The van der Waals surface area contributed by atoms with Crippen LogP contribution in [0.25, 0.3) is 110 Å². The lowest BCUT2D eigenvalue weighted by molar-refractivity contribution is 0.597. The average Bonchev–Trinajstić information content (AvgIpc) is 1.60. The van der Waals surface area contributed by atoms with Crippen LogP contribution in [0.3, 0.4) is 0 Å². The maximum absolute atomic E-state index is 8.69. The van der Waals surface area contributed by atoms with Crippen LogP contribution in [-0.2, 0) is 0 Å². The molecule has 0 aliphatic carbocycles. The Bertz CT molecular complexity index is 7390. The molecule has 0 spiro atoms. The van der Waals surface area contributed by atoms with Gasteiger partial charge >= 0.3 is 0 Å². The minimum Gasteiger partial charge on any atom is -0.435 e. The lowest BCUT2D eigenvalue weighted by Crippen LogP contribution is -2.42. The Labute approximate surface area is 776 Å². The average molecular weight is 1770 g/mol. The predicted octanol–water partition coefficient (Wildman–Crippen LogP) is 26.2. The van der Waals surface area contributed by atoms with Gasteiger partial charge in [-0.05, 0) is 274 Å². The molecule has 20 aromatic rings. The van der Waals surface area contributed by atoms with Gasteiger partial charge in [0.15, 0.2) is 57.0 Å². The first-order chi connectivity index (χ1) is 65.7. The largest absolute Gasteiger partial charge is 0.435 e. The maximum Gasteiger partial charge on any atom is 0.227 e. The maximum atomic E-state index is 8.69. The number of aromatic nitrogens is 10. The van der Waals surface area contributed by atoms with Gasteiger partial charge in [-0.25, -0.2) is 49.8 Å². The number of hydrogen-bond donors (Lipinski definition) is 0. The third-order valence-electron chi connectivity index (χ3n) is 26.4. The van der Waals surface area contributed by atoms with Crippen molar-refractivity contribution >= 4 is 196 Å². The van der Waals surface area contributed by atoms with E-state index < -0.39 is 24.1 Å². The number of nitrogens with zero attached hydrogens (tertiary/aromatic N) is 20. The van der Waals surface area contributed by atoms with Crippen LogP contribution in [0.2, 0.25) is 0 Å². The second-order valence-electron chi connectivity index (χ2n) is 35.4. The molecule has 25 rings (SSSR count). The van der Waals surface area contributed by atoms with E-state index in [0.717, 1.165) is 190 Å². The SMILES string of the molecule is Cc1ccc2c(oc3ncccc32)c1N1c2cccnc2N(C)C1C.[2H]C(C)(C)N1c2cccnc2N(c2c(C)ccc3c2oc2ncccc23)C1C.[2H]C(C)(C)N1c2cccnc2N(c2c(C)ccc3c2oc2ncccc23)C1C.[2H]C(C)(C)N1c2ncccc2N(c2c(C)ccc3c2oc2ncccc23)C1C.[2H]C(C)(C)N1c2ncccc2N(c2c(C)ccc3c2oc2ncccc23)C1C. The molecule has 5 atom stereocenters. The number of rotatable bonds is 9. The van der Waals surface area contributed by atoms with Gasteiger partial charge in [0.25, 0.3) is 0 Å². The Hall–Kier alpha value is -15.4. The summed E-state index contributed by atoms with van der Waals surface area (Å²) in [6, 6.07) is 57.8. The molecule has 0 bridgehead atoms. The molecule has 5 aliphatic rings. The zero-order valence-electron chi connectivity index (χ0n) is 82.0. The fourth-order valence-electron chi connectivity index (χ4n) is 20.6. The molecule has 0 saturated heterocycles. The molecule has 0 N–H and O–H groups in total. The van der Waals surface area contributed by atoms with Crippen LogP contribution in [0.5, 0.6) is 0 Å². The van der Waals surface area contributed by atoms with Crippen LogP contribution >= 0.6 is 0 Å². The summed E-state index contributed by atoms with van der Waals surface area (Å²) in [6.45, 7) is 36.3. The van der Waals surface area contributed by atoms with Crippen molar-refractivity contribution in [1.29, 1.82) is 0 Å². The summed E-state index contributed by atoms with van der Waals surface area (Å²) in [4.78, 5) is 66.7. The molecule has 133 heavy (non-hydrogen) atoms. The minimum atomic E-state index is -0.811. The quantitative estimate of drug-likeness (QED) is 0.131. The van der Waals surface area contributed by atoms with Gasteiger partial charge in [0.05, 0.1) is 62.4 Å². The molecule has 5 aromatic carbocycles. The van der Waals surface area contributed by atoms with Crippen LogP contribution in [0, 0.1) is 34.6 Å². The van der Waals surface area contributed by atoms with E-state index in [1.165, 1.54) is 5.56 Å². The zero-order valence-corrected chi connectivity index (χ0v) is 78.0. The molecule has 5 aliphatic heterocycles. The monoisotopic (exact) mass is 1770 g/mol. The van der Waals surface area contributed by atoms with E-state index in [1.807, 2.05) is 168 Å². The molecule has 25 nitrogen and oxygen atoms in total. The first-order valence-corrected chi connectivity index (χ1v) is 45.1. The van der Waals surface area contributed by atoms with Gasteiger partial charge in [-0.2, -0.15) is 0 Å². The van der Waals surface area contributed by atoms with E-state index in [-0.39, 0.29) is 30.8 Å². The second kappa shape index (κ2) is 33.2. The third-order valence-corrected chi connectivity index (χ3v) is 26.4. The summed E-state index contributed by atoms with van der Waals surface area (Å²) in [5.74, 6) is 4.32. The summed E-state index contributed by atoms with van der Waals surface area (Å²) < 4.78 is 65.8. The van der Waals surface area contributed by atoms with Gasteiger partial charge in [0.1, 0.15) is 30.8 Å². The lowest BCUT2D eigenvalue weighted by Gasteiger charge is -2.33. The molecule has 5 unspecified atom stereocenters. The van der Waals surface area contributed by atoms with Crippen LogP contribution in [0.1, 0.15) is 123 Å². The van der Waals surface area contributed by atoms with Gasteiger partial charge < -0.3 is 71.1 Å². The van der Waals surface area contributed by atoms with Gasteiger partial charge in [-0.3, -0.25) is 0 Å². The fourth-order valence-corrected chi connectivity index (χ4v) is 20.6. The van der Waals surface area contributed by atoms with Crippen molar-refractivity contribution in [2.45, 2.75) is 180 Å². The normalized spacial score (nSPS) is 17.5. The summed E-state index contributed by atoms with van der Waals surface area (Å²) in [5.41, 5.74) is 23.0. The van der Waals surface area contributed by atoms with Gasteiger partial charge in [-0.15, -0.1) is 0 Å². The highest BCUT2D eigenvalue weighted by Crippen LogP contribution is 2.55. The molecule has 0 amide bonds. The first-order valence-electron chi connectivity index (χ1n) is 47.1. The summed E-state index contributed by atoms with van der Waals surface area (Å²) in [7, 11) is 2.08. The highest BCUT2D eigenvalue weighted by molar-refractivity contribution is 6.15. The molecular formula is C108H106N20O5. The number of aryl methyl sites for hydroxylation is 5. The third kappa shape index (κ3) is 13.6. The van der Waals surface area contributed by atoms with E-state index in [1.54, 1.807) is 55.8 Å². The Kier molecular flexibility index (Phi) is 19.9. The number of furan rings is 5. The van der Waals surface area contributed by atoms with Crippen molar-refractivity contribution in [3.8, 4) is 0 Å². The van der Waals surface area contributed by atoms with E-state index >= 15 is 0 Å². The minimum absolute atomic E-state index is 0.0807. The predicted molar refractivity (Wildman–Crippen MR) is 539 cm³/mol. The van der Waals surface area contributed by atoms with Crippen LogP contribution < -0.4 is 49.0 Å². The summed E-state index contributed by atoms with van der Waals surface area (Å²) >= 11 is 0. The van der Waals surface area contributed by atoms with E-state index in [2.05, 4.69) is 250 Å². The Morgan fingerprint density at radius 3 is 0.714 bits per heavy atom. The van der Waals surface area contributed by atoms with Crippen molar-refractivity contribution in [3.05, 3.63) is 272 Å². The molecule has 0 fully saturated rings. The molecule has 668 valence electrons. The zero-order chi connectivity index (χ0) is 95.6. The number of pyridine rings is 10. The first kappa shape index (κ1) is 79.7. The molecule has 20 heterocycles. The van der Waals surface area contributed by atoms with Gasteiger partial charge in [0.2, 0.25) is 28.6 Å². The highest BCUT2D eigenvalue weighted by Gasteiger charge is 2.44. The number of benzene rings is 5. The summed E-state index contributed by atoms with van der Waals surface area (Å²) in [6.07, 6.45) is 17.6. The summed E-state index contributed by atoms with van der Waals surface area (Å²) in [5, 5.41) is 10.3. The Balaban J connectivity index is 0.000000102. The highest BCUT2D eigenvalue weighted by atomic mass is 16.4. The van der Waals surface area contributed by atoms with E-state index in [0.29, 0.717) is 28.6 Å². The second-order valence-corrected chi connectivity index (χ2v) is 35.4. The number of hydrogen-bond acceptors (Lipinski definition) is 25. The number of fused-ring (bicyclic) bond motifs is 20. The molecule has 0 radical (unpaired) electrons. The molecular weight excluding hydrogens is 1660 g/mol.